The van der Waals surface area contributed by atoms with E-state index in [9.17, 15) is 4.21 Å². The summed E-state index contributed by atoms with van der Waals surface area (Å²) in [6.45, 7) is 1.86. The lowest BCUT2D eigenvalue weighted by Crippen LogP contribution is -2.33. The molecule has 0 aliphatic carbocycles. The van der Waals surface area contributed by atoms with Gasteiger partial charge in [-0.15, -0.1) is 24.0 Å². The number of aliphatic imine (C=N–C) groups is 1. The van der Waals surface area contributed by atoms with Gasteiger partial charge in [0.25, 0.3) is 0 Å². The monoisotopic (exact) mass is 501 g/mol. The number of halogens is 1. The smallest absolute Gasteiger partial charge is 0.195 e. The first-order valence-electron chi connectivity index (χ1n) is 8.57. The highest BCUT2D eigenvalue weighted by molar-refractivity contribution is 14.0. The molecule has 2 aromatic carbocycles. The van der Waals surface area contributed by atoms with E-state index in [4.69, 9.17) is 9.47 Å². The van der Waals surface area contributed by atoms with Gasteiger partial charge >= 0.3 is 0 Å². The average molecular weight is 501 g/mol. The second-order valence-corrected chi connectivity index (χ2v) is 7.27. The van der Waals surface area contributed by atoms with Gasteiger partial charge in [-0.2, -0.15) is 0 Å². The van der Waals surface area contributed by atoms with Gasteiger partial charge in [-0.05, 0) is 24.3 Å². The number of nitrogens with zero attached hydrogens (tertiary/aromatic N) is 1. The van der Waals surface area contributed by atoms with Crippen LogP contribution in [-0.4, -0.2) is 42.7 Å². The summed E-state index contributed by atoms with van der Waals surface area (Å²) >= 11 is 0. The third kappa shape index (κ3) is 6.39. The number of anilines is 1. The van der Waals surface area contributed by atoms with E-state index in [1.54, 1.807) is 7.05 Å². The van der Waals surface area contributed by atoms with E-state index < -0.39 is 10.8 Å². The van der Waals surface area contributed by atoms with Crippen molar-refractivity contribution < 1.29 is 13.7 Å². The normalized spacial score (nSPS) is 14.5. The molecule has 0 radical (unpaired) electrons. The maximum atomic E-state index is 12.2. The zero-order chi connectivity index (χ0) is 18.2. The largest absolute Gasteiger partial charge is 0.490 e. The van der Waals surface area contributed by atoms with Crippen molar-refractivity contribution in [3.8, 4) is 11.5 Å². The highest BCUT2D eigenvalue weighted by atomic mass is 127. The molecule has 6 nitrogen and oxygen atoms in total. The summed E-state index contributed by atoms with van der Waals surface area (Å²) in [5, 5.41) is 6.40. The van der Waals surface area contributed by atoms with E-state index in [1.807, 2.05) is 48.5 Å². The number of hydrogen-bond donors (Lipinski definition) is 2. The predicted molar refractivity (Wildman–Crippen MR) is 120 cm³/mol. The number of fused-ring (bicyclic) bond motifs is 1. The first-order chi connectivity index (χ1) is 12.8. The van der Waals surface area contributed by atoms with E-state index in [0.717, 1.165) is 28.5 Å². The molecule has 2 aromatic rings. The third-order valence-electron chi connectivity index (χ3n) is 3.82. The van der Waals surface area contributed by atoms with Crippen LogP contribution in [-0.2, 0) is 10.8 Å². The third-order valence-corrected chi connectivity index (χ3v) is 5.19. The molecule has 27 heavy (non-hydrogen) atoms. The molecule has 0 saturated carbocycles. The van der Waals surface area contributed by atoms with Crippen molar-refractivity contribution in [1.82, 2.24) is 5.32 Å². The minimum absolute atomic E-state index is 0. The van der Waals surface area contributed by atoms with Crippen molar-refractivity contribution in [2.75, 3.05) is 37.9 Å². The lowest BCUT2D eigenvalue weighted by molar-refractivity contribution is 0.297. The summed E-state index contributed by atoms with van der Waals surface area (Å²) in [5.74, 6) is 2.61. The predicted octanol–water partition coefficient (Wildman–Crippen LogP) is 3.26. The molecule has 1 aliphatic rings. The zero-order valence-electron chi connectivity index (χ0n) is 15.1. The summed E-state index contributed by atoms with van der Waals surface area (Å²) in [5.41, 5.74) is 0.853. The highest BCUT2D eigenvalue weighted by Crippen LogP contribution is 2.32. The van der Waals surface area contributed by atoms with Gasteiger partial charge in [-0.25, -0.2) is 0 Å². The van der Waals surface area contributed by atoms with Gasteiger partial charge in [0.2, 0.25) is 0 Å². The van der Waals surface area contributed by atoms with Crippen LogP contribution >= 0.6 is 24.0 Å². The lowest BCUT2D eigenvalue weighted by Gasteiger charge is -2.14. The van der Waals surface area contributed by atoms with Crippen LogP contribution in [0.4, 0.5) is 5.69 Å². The molecular weight excluding hydrogens is 477 g/mol. The van der Waals surface area contributed by atoms with Crippen molar-refractivity contribution in [3.05, 3.63) is 48.5 Å². The molecule has 3 rings (SSSR count). The van der Waals surface area contributed by atoms with Gasteiger partial charge in [-0.3, -0.25) is 9.20 Å². The summed E-state index contributed by atoms with van der Waals surface area (Å²) in [6, 6.07) is 15.2. The van der Waals surface area contributed by atoms with Crippen LogP contribution in [0.2, 0.25) is 0 Å². The molecule has 0 amide bonds. The summed E-state index contributed by atoms with van der Waals surface area (Å²) in [6.07, 6.45) is 0.874. The Hall–Kier alpha value is -1.81. The van der Waals surface area contributed by atoms with Crippen molar-refractivity contribution in [2.24, 2.45) is 4.99 Å². The van der Waals surface area contributed by atoms with E-state index in [-0.39, 0.29) is 24.0 Å². The summed E-state index contributed by atoms with van der Waals surface area (Å²) in [4.78, 5) is 5.04. The fraction of sp³-hybridized carbons (Fsp3) is 0.316. The number of benzene rings is 2. The minimum atomic E-state index is -1.03. The fourth-order valence-electron chi connectivity index (χ4n) is 2.51. The van der Waals surface area contributed by atoms with Crippen molar-refractivity contribution in [2.45, 2.75) is 11.3 Å². The Kier molecular flexibility index (Phi) is 8.86. The maximum Gasteiger partial charge on any atom is 0.195 e. The van der Waals surface area contributed by atoms with E-state index in [1.165, 1.54) is 0 Å². The standard InChI is InChI=1S/C19H23N3O3S.HI/c1-20-19(21-10-13-26(23)16-6-3-2-4-7-16)22-15-8-9-17-18(14-15)25-12-5-11-24-17;/h2-4,6-9,14H,5,10-13H2,1H3,(H2,20,21,22);1H. The highest BCUT2D eigenvalue weighted by Gasteiger charge is 2.11. The van der Waals surface area contributed by atoms with E-state index in [2.05, 4.69) is 15.6 Å². The Morgan fingerprint density at radius 2 is 1.85 bits per heavy atom. The Morgan fingerprint density at radius 1 is 1.11 bits per heavy atom. The molecule has 1 atom stereocenters. The van der Waals surface area contributed by atoms with Crippen LogP contribution in [0.25, 0.3) is 0 Å². The molecule has 8 heteroatoms. The second-order valence-electron chi connectivity index (χ2n) is 5.70. The van der Waals surface area contributed by atoms with Crippen molar-refractivity contribution >= 4 is 46.4 Å². The molecular formula is C19H24IN3O3S. The van der Waals surface area contributed by atoms with Crippen LogP contribution in [0, 0.1) is 0 Å². The maximum absolute atomic E-state index is 12.2. The first kappa shape index (κ1) is 21.5. The number of rotatable bonds is 5. The molecule has 146 valence electrons. The molecule has 2 N–H and O–H groups in total. The molecule has 1 aliphatic heterocycles. The molecule has 0 bridgehead atoms. The van der Waals surface area contributed by atoms with Crippen LogP contribution in [0.1, 0.15) is 6.42 Å². The van der Waals surface area contributed by atoms with Gasteiger partial charge in [0, 0.05) is 42.4 Å². The number of ether oxygens (including phenoxy) is 2. The molecule has 1 heterocycles. The Balaban J connectivity index is 0.00000261. The van der Waals surface area contributed by atoms with Crippen LogP contribution in [0.15, 0.2) is 58.4 Å². The van der Waals surface area contributed by atoms with E-state index in [0.29, 0.717) is 31.5 Å². The van der Waals surface area contributed by atoms with E-state index >= 15 is 0 Å². The molecule has 0 fully saturated rings. The minimum Gasteiger partial charge on any atom is -0.490 e. The fourth-order valence-corrected chi connectivity index (χ4v) is 3.49. The van der Waals surface area contributed by atoms with Gasteiger partial charge in [0.05, 0.1) is 24.0 Å². The Labute approximate surface area is 179 Å². The van der Waals surface area contributed by atoms with Crippen molar-refractivity contribution in [1.29, 1.82) is 0 Å². The SMILES string of the molecule is CN=C(NCCS(=O)c1ccccc1)Nc1ccc2c(c1)OCCCO2.I. The Morgan fingerprint density at radius 3 is 2.59 bits per heavy atom. The van der Waals surface area contributed by atoms with Gasteiger partial charge in [-0.1, -0.05) is 18.2 Å². The van der Waals surface area contributed by atoms with Gasteiger partial charge in [0.15, 0.2) is 17.5 Å². The molecule has 1 unspecified atom stereocenters. The summed E-state index contributed by atoms with van der Waals surface area (Å²) in [7, 11) is 0.667. The molecule has 0 aromatic heterocycles. The lowest BCUT2D eigenvalue weighted by atomic mass is 10.3. The average Bonchev–Trinajstić information content (AvgIpc) is 2.92. The van der Waals surface area contributed by atoms with Crippen molar-refractivity contribution in [3.63, 3.8) is 0 Å². The molecule has 0 saturated heterocycles. The van der Waals surface area contributed by atoms with Gasteiger partial charge in [0.1, 0.15) is 0 Å². The quantitative estimate of drug-likeness (QED) is 0.374. The van der Waals surface area contributed by atoms with Crippen LogP contribution in [0.5, 0.6) is 11.5 Å². The van der Waals surface area contributed by atoms with Crippen LogP contribution < -0.4 is 20.1 Å². The zero-order valence-corrected chi connectivity index (χ0v) is 18.3. The number of hydrogen-bond acceptors (Lipinski definition) is 4. The van der Waals surface area contributed by atoms with Crippen LogP contribution in [0.3, 0.4) is 0 Å². The Bertz CT molecular complexity index is 787. The first-order valence-corrected chi connectivity index (χ1v) is 9.89. The topological polar surface area (TPSA) is 72.0 Å². The second kappa shape index (κ2) is 11.1. The number of guanidine groups is 1. The molecule has 0 spiro atoms. The summed E-state index contributed by atoms with van der Waals surface area (Å²) < 4.78 is 23.6. The number of nitrogens with one attached hydrogen (secondary N) is 2. The van der Waals surface area contributed by atoms with Gasteiger partial charge < -0.3 is 20.1 Å².